The van der Waals surface area contributed by atoms with Crippen LogP contribution in [0.4, 0.5) is 0 Å². The molecule has 20 heavy (non-hydrogen) atoms. The molecule has 0 saturated heterocycles. The van der Waals surface area contributed by atoms with Gasteiger partial charge in [0.05, 0.1) is 5.54 Å². The molecule has 0 radical (unpaired) electrons. The van der Waals surface area contributed by atoms with Crippen LogP contribution < -0.4 is 11.1 Å². The molecule has 3 N–H and O–H groups in total. The van der Waals surface area contributed by atoms with Crippen LogP contribution in [0.2, 0.25) is 0 Å². The normalized spacial score (nSPS) is 10.3. The van der Waals surface area contributed by atoms with E-state index in [0.717, 1.165) is 10.0 Å². The topological polar surface area (TPSA) is 80.9 Å². The van der Waals surface area contributed by atoms with Crippen molar-refractivity contribution in [3.8, 4) is 0 Å². The van der Waals surface area contributed by atoms with Crippen molar-refractivity contribution in [2.45, 2.75) is 25.9 Å². The molecule has 0 saturated carbocycles. The van der Waals surface area contributed by atoms with Gasteiger partial charge in [-0.15, -0.1) is 47.5 Å². The Morgan fingerprint density at radius 2 is 2.10 bits per heavy atom. The molecule has 0 aliphatic rings. The molecular weight excluding hydrogens is 339 g/mol. The van der Waals surface area contributed by atoms with Crippen molar-refractivity contribution < 1.29 is 4.79 Å². The van der Waals surface area contributed by atoms with Crippen molar-refractivity contribution in [2.75, 3.05) is 0 Å². The van der Waals surface area contributed by atoms with E-state index in [1.54, 1.807) is 11.6 Å². The molecule has 112 valence electrons. The average Bonchev–Trinajstić information content (AvgIpc) is 3.00. The Morgan fingerprint density at radius 3 is 2.60 bits per heavy atom. The highest BCUT2D eigenvalue weighted by Gasteiger charge is 2.26. The van der Waals surface area contributed by atoms with Gasteiger partial charge in [-0.25, -0.2) is 9.97 Å². The number of amides is 1. The Hall–Kier alpha value is -0.730. The van der Waals surface area contributed by atoms with Gasteiger partial charge in [0.25, 0.3) is 5.91 Å². The van der Waals surface area contributed by atoms with Crippen LogP contribution in [-0.4, -0.2) is 15.9 Å². The van der Waals surface area contributed by atoms with Crippen molar-refractivity contribution in [3.63, 3.8) is 0 Å². The third-order valence-corrected chi connectivity index (χ3v) is 4.32. The lowest BCUT2D eigenvalue weighted by molar-refractivity contribution is 0.0907. The van der Waals surface area contributed by atoms with Crippen LogP contribution in [-0.2, 0) is 12.1 Å². The van der Waals surface area contributed by atoms with Crippen LogP contribution in [0.25, 0.3) is 0 Å². The monoisotopic (exact) mass is 354 g/mol. The maximum Gasteiger partial charge on any atom is 0.271 e. The van der Waals surface area contributed by atoms with E-state index in [0.29, 0.717) is 12.2 Å². The molecule has 2 aromatic heterocycles. The fourth-order valence-electron chi connectivity index (χ4n) is 1.44. The highest BCUT2D eigenvalue weighted by Crippen LogP contribution is 2.22. The van der Waals surface area contributed by atoms with Gasteiger partial charge < -0.3 is 11.1 Å². The third-order valence-electron chi connectivity index (χ3n) is 2.35. The summed E-state index contributed by atoms with van der Waals surface area (Å²) in [6, 6.07) is 0. The SMILES string of the molecule is CC(C)(NC(=O)c1csc(CN)n1)c1nccs1.Cl.Cl. The maximum absolute atomic E-state index is 12.1. The van der Waals surface area contributed by atoms with Gasteiger partial charge in [0.1, 0.15) is 15.7 Å². The lowest BCUT2D eigenvalue weighted by atomic mass is 10.1. The number of nitrogens with zero attached hydrogens (tertiary/aromatic N) is 2. The number of carbonyl (C=O) groups excluding carboxylic acids is 1. The molecule has 2 rings (SSSR count). The quantitative estimate of drug-likeness (QED) is 0.883. The molecule has 9 heteroatoms. The van der Waals surface area contributed by atoms with Crippen LogP contribution in [0.3, 0.4) is 0 Å². The maximum atomic E-state index is 12.1. The fraction of sp³-hybridized carbons (Fsp3) is 0.364. The number of halogens is 2. The van der Waals surface area contributed by atoms with Crippen LogP contribution in [0.5, 0.6) is 0 Å². The lowest BCUT2D eigenvalue weighted by Crippen LogP contribution is -2.41. The summed E-state index contributed by atoms with van der Waals surface area (Å²) in [4.78, 5) is 20.4. The zero-order chi connectivity index (χ0) is 13.2. The first kappa shape index (κ1) is 19.3. The zero-order valence-electron chi connectivity index (χ0n) is 11.0. The van der Waals surface area contributed by atoms with Gasteiger partial charge in [-0.05, 0) is 13.8 Å². The Morgan fingerprint density at radius 1 is 1.40 bits per heavy atom. The van der Waals surface area contributed by atoms with E-state index in [4.69, 9.17) is 5.73 Å². The minimum Gasteiger partial charge on any atom is -0.339 e. The molecular formula is C11H16Cl2N4OS2. The molecule has 2 heterocycles. The predicted molar refractivity (Wildman–Crippen MR) is 87.1 cm³/mol. The Labute approximate surface area is 137 Å². The molecule has 0 aliphatic carbocycles. The fourth-order valence-corrected chi connectivity index (χ4v) is 2.82. The number of rotatable bonds is 4. The van der Waals surface area contributed by atoms with E-state index < -0.39 is 5.54 Å². The molecule has 1 amide bonds. The van der Waals surface area contributed by atoms with Crippen LogP contribution >= 0.6 is 47.5 Å². The third kappa shape index (κ3) is 4.39. The second-order valence-corrected chi connectivity index (χ2v) is 6.08. The number of aromatic nitrogens is 2. The second kappa shape index (κ2) is 7.90. The van der Waals surface area contributed by atoms with Gasteiger partial charge >= 0.3 is 0 Å². The number of nitrogens with one attached hydrogen (secondary N) is 1. The zero-order valence-corrected chi connectivity index (χ0v) is 14.2. The molecule has 0 bridgehead atoms. The Balaban J connectivity index is 0.00000180. The van der Waals surface area contributed by atoms with Crippen LogP contribution in [0.15, 0.2) is 17.0 Å². The molecule has 2 aromatic rings. The van der Waals surface area contributed by atoms with Gasteiger partial charge in [-0.1, -0.05) is 0 Å². The first-order valence-electron chi connectivity index (χ1n) is 5.40. The Bertz CT molecular complexity index is 542. The average molecular weight is 355 g/mol. The number of hydrogen-bond acceptors (Lipinski definition) is 6. The highest BCUT2D eigenvalue weighted by atomic mass is 35.5. The van der Waals surface area contributed by atoms with Crippen LogP contribution in [0, 0.1) is 0 Å². The molecule has 5 nitrogen and oxygen atoms in total. The van der Waals surface area contributed by atoms with E-state index in [1.165, 1.54) is 22.7 Å². The number of carbonyl (C=O) groups is 1. The summed E-state index contributed by atoms with van der Waals surface area (Å²) in [7, 11) is 0. The summed E-state index contributed by atoms with van der Waals surface area (Å²) in [5, 5.41) is 8.15. The van der Waals surface area contributed by atoms with Crippen molar-refractivity contribution >= 4 is 53.4 Å². The van der Waals surface area contributed by atoms with Crippen molar-refractivity contribution in [1.82, 2.24) is 15.3 Å². The number of hydrogen-bond donors (Lipinski definition) is 2. The minimum atomic E-state index is -0.502. The first-order valence-corrected chi connectivity index (χ1v) is 7.16. The first-order chi connectivity index (χ1) is 8.53. The summed E-state index contributed by atoms with van der Waals surface area (Å²) in [6.07, 6.45) is 1.73. The minimum absolute atomic E-state index is 0. The molecule has 0 fully saturated rings. The van der Waals surface area contributed by atoms with E-state index >= 15 is 0 Å². The van der Waals surface area contributed by atoms with E-state index in [2.05, 4.69) is 15.3 Å². The highest BCUT2D eigenvalue weighted by molar-refractivity contribution is 7.10. The number of nitrogens with two attached hydrogens (primary N) is 1. The summed E-state index contributed by atoms with van der Waals surface area (Å²) < 4.78 is 0. The largest absolute Gasteiger partial charge is 0.339 e. The van der Waals surface area contributed by atoms with E-state index in [1.807, 2.05) is 19.2 Å². The van der Waals surface area contributed by atoms with Gasteiger partial charge in [-0.3, -0.25) is 4.79 Å². The molecule has 0 atom stereocenters. The summed E-state index contributed by atoms with van der Waals surface area (Å²) >= 11 is 2.90. The van der Waals surface area contributed by atoms with E-state index in [-0.39, 0.29) is 30.7 Å². The molecule has 0 aromatic carbocycles. The smallest absolute Gasteiger partial charge is 0.271 e. The summed E-state index contributed by atoms with van der Waals surface area (Å²) in [5.74, 6) is -0.203. The second-order valence-electron chi connectivity index (χ2n) is 4.25. The standard InChI is InChI=1S/C11H14N4OS2.2ClH/c1-11(2,10-13-3-4-17-10)15-9(16)7-6-18-8(5-12)14-7;;/h3-4,6H,5,12H2,1-2H3,(H,15,16);2*1H. The Kier molecular flexibility index (Phi) is 7.61. The van der Waals surface area contributed by atoms with Gasteiger partial charge in [0.15, 0.2) is 0 Å². The molecule has 0 unspecified atom stereocenters. The number of thiazole rings is 2. The molecule has 0 aliphatic heterocycles. The van der Waals surface area contributed by atoms with Crippen molar-refractivity contribution in [3.05, 3.63) is 32.7 Å². The van der Waals surface area contributed by atoms with Crippen LogP contribution in [0.1, 0.15) is 34.4 Å². The summed E-state index contributed by atoms with van der Waals surface area (Å²) in [5.41, 5.74) is 5.38. The van der Waals surface area contributed by atoms with Crippen molar-refractivity contribution in [2.24, 2.45) is 5.73 Å². The van der Waals surface area contributed by atoms with E-state index in [9.17, 15) is 4.79 Å². The van der Waals surface area contributed by atoms with Gasteiger partial charge in [0.2, 0.25) is 0 Å². The van der Waals surface area contributed by atoms with Gasteiger partial charge in [0, 0.05) is 23.5 Å². The lowest BCUT2D eigenvalue weighted by Gasteiger charge is -2.23. The molecule has 0 spiro atoms. The summed E-state index contributed by atoms with van der Waals surface area (Å²) in [6.45, 7) is 4.19. The van der Waals surface area contributed by atoms with Gasteiger partial charge in [-0.2, -0.15) is 0 Å². The van der Waals surface area contributed by atoms with Crippen molar-refractivity contribution in [1.29, 1.82) is 0 Å². The predicted octanol–water partition coefficient (Wildman–Crippen LogP) is 2.57.